The van der Waals surface area contributed by atoms with Gasteiger partial charge in [-0.2, -0.15) is 13.2 Å². The van der Waals surface area contributed by atoms with Crippen LogP contribution >= 0.6 is 0 Å². The van der Waals surface area contributed by atoms with Crippen molar-refractivity contribution < 1.29 is 17.9 Å². The van der Waals surface area contributed by atoms with Crippen LogP contribution in [-0.4, -0.2) is 58.9 Å². The monoisotopic (exact) mass is 573 g/mol. The molecule has 1 unspecified atom stereocenters. The van der Waals surface area contributed by atoms with Crippen molar-refractivity contribution in [3.63, 3.8) is 0 Å². The first-order valence-corrected chi connectivity index (χ1v) is 15.0. The van der Waals surface area contributed by atoms with Gasteiger partial charge in [-0.1, -0.05) is 53.7 Å². The molecule has 1 fully saturated rings. The fraction of sp³-hybridized carbons (Fsp3) is 0.625. The third-order valence-corrected chi connectivity index (χ3v) is 8.33. The van der Waals surface area contributed by atoms with Crippen LogP contribution in [0.4, 0.5) is 19.0 Å². The van der Waals surface area contributed by atoms with Gasteiger partial charge in [0.05, 0.1) is 30.2 Å². The van der Waals surface area contributed by atoms with Crippen LogP contribution < -0.4 is 4.90 Å². The number of halogens is 3. The van der Waals surface area contributed by atoms with Gasteiger partial charge in [0.25, 0.3) is 0 Å². The first-order valence-electron chi connectivity index (χ1n) is 15.0. The number of rotatable bonds is 11. The highest BCUT2D eigenvalue weighted by Crippen LogP contribution is 2.34. The molecule has 0 bridgehead atoms. The van der Waals surface area contributed by atoms with Crippen LogP contribution in [-0.2, 0) is 30.3 Å². The van der Waals surface area contributed by atoms with E-state index in [1.165, 1.54) is 6.07 Å². The van der Waals surface area contributed by atoms with E-state index >= 15 is 0 Å². The number of benzene rings is 1. The normalized spacial score (nSPS) is 15.6. The van der Waals surface area contributed by atoms with Crippen molar-refractivity contribution in [2.45, 2.75) is 74.0 Å². The van der Waals surface area contributed by atoms with Crippen LogP contribution in [0, 0.1) is 24.7 Å². The summed E-state index contributed by atoms with van der Waals surface area (Å²) in [6, 6.07) is 6.58. The third kappa shape index (κ3) is 7.41. The molecule has 9 heteroatoms. The lowest BCUT2D eigenvalue weighted by Crippen LogP contribution is -2.37. The van der Waals surface area contributed by atoms with Gasteiger partial charge < -0.3 is 9.64 Å². The smallest absolute Gasteiger partial charge is 0.378 e. The molecule has 1 aliphatic rings. The summed E-state index contributed by atoms with van der Waals surface area (Å²) in [6.07, 6.45) is -3.30. The van der Waals surface area contributed by atoms with Gasteiger partial charge >= 0.3 is 6.18 Å². The molecule has 3 heterocycles. The van der Waals surface area contributed by atoms with Crippen LogP contribution in [0.3, 0.4) is 0 Å². The summed E-state index contributed by atoms with van der Waals surface area (Å²) in [5, 5.41) is 5.07. The maximum absolute atomic E-state index is 13.8. The number of imidazole rings is 1. The highest BCUT2D eigenvalue weighted by atomic mass is 19.4. The van der Waals surface area contributed by atoms with E-state index in [2.05, 4.69) is 57.4 Å². The molecule has 1 atom stereocenters. The maximum atomic E-state index is 13.8. The van der Waals surface area contributed by atoms with Gasteiger partial charge in [-0.15, -0.1) is 5.10 Å². The largest absolute Gasteiger partial charge is 0.416 e. The van der Waals surface area contributed by atoms with Gasteiger partial charge in [0, 0.05) is 44.7 Å². The number of aromatic nitrogens is 3. The summed E-state index contributed by atoms with van der Waals surface area (Å²) in [5.41, 5.74) is 3.94. The van der Waals surface area contributed by atoms with Crippen LogP contribution in [0.5, 0.6) is 0 Å². The molecule has 2 aromatic heterocycles. The minimum Gasteiger partial charge on any atom is -0.378 e. The Morgan fingerprint density at radius 2 is 1.73 bits per heavy atom. The van der Waals surface area contributed by atoms with Gasteiger partial charge in [-0.25, -0.2) is 9.50 Å². The van der Waals surface area contributed by atoms with E-state index < -0.39 is 11.7 Å². The lowest BCUT2D eigenvalue weighted by Gasteiger charge is -2.29. The Bertz CT molecular complexity index is 1310. The molecule has 1 aliphatic heterocycles. The zero-order valence-electron chi connectivity index (χ0n) is 25.7. The van der Waals surface area contributed by atoms with Crippen molar-refractivity contribution in [1.29, 1.82) is 0 Å². The fourth-order valence-electron chi connectivity index (χ4n) is 5.58. The van der Waals surface area contributed by atoms with E-state index in [9.17, 15) is 13.2 Å². The van der Waals surface area contributed by atoms with E-state index in [1.807, 2.05) is 4.52 Å². The molecule has 226 valence electrons. The van der Waals surface area contributed by atoms with Crippen molar-refractivity contribution in [3.8, 4) is 0 Å². The van der Waals surface area contributed by atoms with Crippen LogP contribution in [0.25, 0.3) is 5.65 Å². The van der Waals surface area contributed by atoms with E-state index in [-0.39, 0.29) is 5.56 Å². The highest BCUT2D eigenvalue weighted by Gasteiger charge is 2.33. The molecule has 1 aromatic carbocycles. The third-order valence-electron chi connectivity index (χ3n) is 8.33. The molecular formula is C32H46F3N5O. The Labute approximate surface area is 242 Å². The second-order valence-electron chi connectivity index (χ2n) is 12.3. The van der Waals surface area contributed by atoms with Gasteiger partial charge in [-0.05, 0) is 54.4 Å². The van der Waals surface area contributed by atoms with Gasteiger partial charge in [0.15, 0.2) is 5.65 Å². The van der Waals surface area contributed by atoms with Crippen LogP contribution in [0.15, 0.2) is 24.3 Å². The van der Waals surface area contributed by atoms with Crippen molar-refractivity contribution in [2.24, 2.45) is 17.8 Å². The van der Waals surface area contributed by atoms with Gasteiger partial charge in [0.2, 0.25) is 0 Å². The van der Waals surface area contributed by atoms with Gasteiger partial charge in [0.1, 0.15) is 5.82 Å². The molecule has 4 rings (SSSR count). The second kappa shape index (κ2) is 13.1. The predicted molar refractivity (Wildman–Crippen MR) is 159 cm³/mol. The summed E-state index contributed by atoms with van der Waals surface area (Å²) in [4.78, 5) is 9.83. The number of aryl methyl sites for hydroxylation is 1. The minimum absolute atomic E-state index is 0.258. The van der Waals surface area contributed by atoms with E-state index in [0.717, 1.165) is 67.1 Å². The Balaban J connectivity index is 1.86. The van der Waals surface area contributed by atoms with Gasteiger partial charge in [-0.3, -0.25) is 4.90 Å². The van der Waals surface area contributed by atoms with Crippen LogP contribution in [0.1, 0.15) is 75.2 Å². The maximum Gasteiger partial charge on any atom is 0.416 e. The number of ether oxygens (including phenoxy) is 1. The van der Waals surface area contributed by atoms with E-state index in [0.29, 0.717) is 49.5 Å². The van der Waals surface area contributed by atoms with Crippen molar-refractivity contribution >= 4 is 11.5 Å². The summed E-state index contributed by atoms with van der Waals surface area (Å²) in [6.45, 7) is 20.1. The molecule has 6 nitrogen and oxygen atoms in total. The number of alkyl halides is 3. The summed E-state index contributed by atoms with van der Waals surface area (Å²) >= 11 is 0. The summed E-state index contributed by atoms with van der Waals surface area (Å²) in [7, 11) is 0. The Kier molecular flexibility index (Phi) is 10.0. The first kappa shape index (κ1) is 31.3. The van der Waals surface area contributed by atoms with Crippen molar-refractivity contribution in [3.05, 3.63) is 57.9 Å². The highest BCUT2D eigenvalue weighted by molar-refractivity contribution is 5.56. The van der Waals surface area contributed by atoms with Crippen molar-refractivity contribution in [1.82, 2.24) is 19.5 Å². The lowest BCUT2D eigenvalue weighted by molar-refractivity contribution is -0.138. The van der Waals surface area contributed by atoms with E-state index in [4.69, 9.17) is 14.8 Å². The van der Waals surface area contributed by atoms with Crippen LogP contribution in [0.2, 0.25) is 0 Å². The molecular weight excluding hydrogens is 527 g/mol. The van der Waals surface area contributed by atoms with E-state index in [1.54, 1.807) is 13.0 Å². The number of hydrogen-bond acceptors (Lipinski definition) is 5. The zero-order chi connectivity index (χ0) is 29.9. The lowest BCUT2D eigenvalue weighted by atomic mass is 9.96. The number of morpholine rings is 1. The zero-order valence-corrected chi connectivity index (χ0v) is 25.7. The molecule has 0 spiro atoms. The molecule has 0 radical (unpaired) electrons. The molecule has 1 saturated heterocycles. The molecule has 41 heavy (non-hydrogen) atoms. The number of nitrogens with zero attached hydrogens (tertiary/aromatic N) is 5. The molecule has 0 N–H and O–H groups in total. The topological polar surface area (TPSA) is 45.9 Å². The predicted octanol–water partition coefficient (Wildman–Crippen LogP) is 6.80. The number of anilines is 1. The molecule has 0 saturated carbocycles. The standard InChI is InChI=1S/C32H46F3N5O/c1-8-25-17-30(39-12-14-41-15-13-39)37-40-29(16-26-10-9-11-27(24(26)7)32(33,34)35)28(36-31(25)40)20-38(18-21(2)3)19-23(6)22(4)5/h9-11,17,21-23H,8,12-16,18-20H2,1-7H3. The Morgan fingerprint density at radius 1 is 1.02 bits per heavy atom. The average Bonchev–Trinajstić information content (AvgIpc) is 3.25. The summed E-state index contributed by atoms with van der Waals surface area (Å²) in [5.74, 6) is 2.37. The van der Waals surface area contributed by atoms with Crippen molar-refractivity contribution in [2.75, 3.05) is 44.3 Å². The number of fused-ring (bicyclic) bond motifs is 1. The Hall–Kier alpha value is -2.65. The number of hydrogen-bond donors (Lipinski definition) is 0. The quantitative estimate of drug-likeness (QED) is 0.253. The SMILES string of the molecule is CCc1cc(N2CCOCC2)nn2c(Cc3cccc(C(F)(F)F)c3C)c(CN(CC(C)C)CC(C)C(C)C)nc12. The second-order valence-corrected chi connectivity index (χ2v) is 12.3. The molecule has 0 aliphatic carbocycles. The molecule has 0 amide bonds. The Morgan fingerprint density at radius 3 is 2.34 bits per heavy atom. The minimum atomic E-state index is -4.40. The first-order chi connectivity index (χ1) is 19.4. The fourth-order valence-corrected chi connectivity index (χ4v) is 5.58. The average molecular weight is 574 g/mol. The summed E-state index contributed by atoms with van der Waals surface area (Å²) < 4.78 is 49.0. The molecule has 3 aromatic rings.